The van der Waals surface area contributed by atoms with Gasteiger partial charge in [0.1, 0.15) is 5.69 Å². The summed E-state index contributed by atoms with van der Waals surface area (Å²) < 4.78 is 11.8. The number of aliphatic hydroxyl groups excluding tert-OH is 1. The highest BCUT2D eigenvalue weighted by atomic mass is 16.5. The Morgan fingerprint density at radius 3 is 2.63 bits per heavy atom. The highest BCUT2D eigenvalue weighted by Crippen LogP contribution is 2.33. The van der Waals surface area contributed by atoms with E-state index >= 15 is 0 Å². The van der Waals surface area contributed by atoms with Gasteiger partial charge in [-0.3, -0.25) is 4.90 Å². The normalized spacial score (nSPS) is 21.5. The molecule has 2 aromatic rings. The highest BCUT2D eigenvalue weighted by Gasteiger charge is 2.28. The first-order chi connectivity index (χ1) is 14.6. The Morgan fingerprint density at radius 2 is 1.97 bits per heavy atom. The molecule has 7 nitrogen and oxygen atoms in total. The van der Waals surface area contributed by atoms with Crippen LogP contribution in [0.25, 0.3) is 11.3 Å². The van der Waals surface area contributed by atoms with E-state index in [-0.39, 0.29) is 6.10 Å². The Morgan fingerprint density at radius 1 is 1.20 bits per heavy atom. The van der Waals surface area contributed by atoms with Gasteiger partial charge in [0.05, 0.1) is 17.8 Å². The van der Waals surface area contributed by atoms with Crippen LogP contribution in [0.3, 0.4) is 0 Å². The molecule has 3 heterocycles. The van der Waals surface area contributed by atoms with E-state index in [0.717, 1.165) is 74.9 Å². The van der Waals surface area contributed by atoms with Crippen LogP contribution in [0.1, 0.15) is 25.3 Å². The molecule has 0 amide bonds. The zero-order valence-corrected chi connectivity index (χ0v) is 18.2. The monoisotopic (exact) mass is 414 g/mol. The summed E-state index contributed by atoms with van der Waals surface area (Å²) in [6.07, 6.45) is 2.02. The first kappa shape index (κ1) is 21.3. The van der Waals surface area contributed by atoms with Crippen molar-refractivity contribution in [3.05, 3.63) is 35.9 Å². The second kappa shape index (κ2) is 9.92. The number of nitrogens with zero attached hydrogens (tertiary/aromatic N) is 4. The third-order valence-corrected chi connectivity index (χ3v) is 6.00. The lowest BCUT2D eigenvalue weighted by Crippen LogP contribution is -2.45. The van der Waals surface area contributed by atoms with Gasteiger partial charge in [-0.15, -0.1) is 0 Å². The van der Waals surface area contributed by atoms with Crippen molar-refractivity contribution in [1.29, 1.82) is 0 Å². The molecule has 1 aromatic heterocycles. The van der Waals surface area contributed by atoms with Crippen molar-refractivity contribution in [3.8, 4) is 11.3 Å². The van der Waals surface area contributed by atoms with Crippen LogP contribution >= 0.6 is 0 Å². The molecule has 0 bridgehead atoms. The van der Waals surface area contributed by atoms with Gasteiger partial charge < -0.3 is 24.2 Å². The zero-order chi connectivity index (χ0) is 20.9. The summed E-state index contributed by atoms with van der Waals surface area (Å²) in [5, 5.41) is 14.6. The predicted octanol–water partition coefficient (Wildman–Crippen LogP) is 2.46. The van der Waals surface area contributed by atoms with Gasteiger partial charge in [-0.25, -0.2) is 0 Å². The van der Waals surface area contributed by atoms with E-state index in [9.17, 15) is 5.11 Å². The van der Waals surface area contributed by atoms with Crippen molar-refractivity contribution >= 4 is 5.88 Å². The van der Waals surface area contributed by atoms with Gasteiger partial charge in [0.2, 0.25) is 5.88 Å². The van der Waals surface area contributed by atoms with Crippen LogP contribution < -0.4 is 4.90 Å². The summed E-state index contributed by atoms with van der Waals surface area (Å²) in [6.45, 7) is 8.64. The van der Waals surface area contributed by atoms with Crippen LogP contribution in [-0.4, -0.2) is 85.2 Å². The van der Waals surface area contributed by atoms with E-state index in [1.807, 2.05) is 25.1 Å². The van der Waals surface area contributed by atoms with E-state index in [0.29, 0.717) is 13.1 Å². The van der Waals surface area contributed by atoms with E-state index < -0.39 is 6.10 Å². The smallest absolute Gasteiger partial charge is 0.232 e. The first-order valence-electron chi connectivity index (χ1n) is 11.1. The van der Waals surface area contributed by atoms with Crippen molar-refractivity contribution in [2.45, 2.75) is 38.5 Å². The maximum Gasteiger partial charge on any atom is 0.232 e. The molecule has 0 aliphatic carbocycles. The summed E-state index contributed by atoms with van der Waals surface area (Å²) in [6, 6.07) is 10.2. The van der Waals surface area contributed by atoms with Crippen molar-refractivity contribution in [2.24, 2.45) is 0 Å². The molecule has 2 aliphatic heterocycles. The minimum absolute atomic E-state index is 0.232. The largest absolute Gasteiger partial charge is 0.392 e. The minimum atomic E-state index is -0.404. The second-order valence-corrected chi connectivity index (χ2v) is 8.65. The number of hydrogen-bond donors (Lipinski definition) is 1. The summed E-state index contributed by atoms with van der Waals surface area (Å²) in [5.74, 6) is 0.866. The fraction of sp³-hybridized carbons (Fsp3) is 0.609. The van der Waals surface area contributed by atoms with E-state index in [2.05, 4.69) is 39.0 Å². The minimum Gasteiger partial charge on any atom is -0.392 e. The van der Waals surface area contributed by atoms with Gasteiger partial charge in [-0.2, -0.15) is 0 Å². The van der Waals surface area contributed by atoms with Crippen LogP contribution in [0, 0.1) is 0 Å². The first-order valence-corrected chi connectivity index (χ1v) is 11.1. The van der Waals surface area contributed by atoms with Crippen molar-refractivity contribution < 1.29 is 14.4 Å². The number of ether oxygens (including phenoxy) is 1. The topological polar surface area (TPSA) is 65.2 Å². The number of piperazine rings is 1. The van der Waals surface area contributed by atoms with Gasteiger partial charge in [-0.05, 0) is 26.8 Å². The molecule has 0 spiro atoms. The number of benzene rings is 1. The molecule has 4 rings (SSSR count). The number of aromatic nitrogens is 1. The van der Waals surface area contributed by atoms with E-state index in [1.54, 1.807) is 0 Å². The molecule has 2 aliphatic rings. The van der Waals surface area contributed by atoms with Gasteiger partial charge in [0, 0.05) is 58.0 Å². The van der Waals surface area contributed by atoms with Gasteiger partial charge in [0.15, 0.2) is 0 Å². The molecule has 0 radical (unpaired) electrons. The second-order valence-electron chi connectivity index (χ2n) is 8.65. The van der Waals surface area contributed by atoms with E-state index in [1.165, 1.54) is 0 Å². The Labute approximate surface area is 179 Å². The standard InChI is InChI=1S/C23H34N4O3/c1-18(28)15-26(16-20-9-6-14-29-20)17-21-22(19-7-4-3-5-8-19)24-30-23(21)27-12-10-25(2)11-13-27/h3-5,7-8,18,20,28H,6,9-17H2,1-2H3. The summed E-state index contributed by atoms with van der Waals surface area (Å²) >= 11 is 0. The lowest BCUT2D eigenvalue weighted by atomic mass is 10.1. The number of anilines is 1. The lowest BCUT2D eigenvalue weighted by molar-refractivity contribution is 0.0504. The Balaban J connectivity index is 1.62. The average Bonchev–Trinajstić information content (AvgIpc) is 3.39. The quantitative estimate of drug-likeness (QED) is 0.712. The molecule has 2 fully saturated rings. The average molecular weight is 415 g/mol. The maximum absolute atomic E-state index is 10.1. The number of likely N-dealkylation sites (N-methyl/N-ethyl adjacent to an activating group) is 1. The molecule has 1 aromatic carbocycles. The number of aliphatic hydroxyl groups is 1. The molecular formula is C23H34N4O3. The molecule has 2 atom stereocenters. The molecule has 0 saturated carbocycles. The Bertz CT molecular complexity index is 781. The SMILES string of the molecule is CC(O)CN(Cc1c(-c2ccccc2)noc1N1CCN(C)CC1)CC1CCCO1. The molecular weight excluding hydrogens is 380 g/mol. The molecule has 7 heteroatoms. The predicted molar refractivity (Wildman–Crippen MR) is 118 cm³/mol. The zero-order valence-electron chi connectivity index (χ0n) is 18.2. The Hall–Kier alpha value is -1.93. The van der Waals surface area contributed by atoms with Crippen molar-refractivity contribution in [2.75, 3.05) is 57.8 Å². The van der Waals surface area contributed by atoms with Crippen LogP contribution in [-0.2, 0) is 11.3 Å². The van der Waals surface area contributed by atoms with Crippen LogP contribution in [0.5, 0.6) is 0 Å². The van der Waals surface area contributed by atoms with Crippen LogP contribution in [0.4, 0.5) is 5.88 Å². The molecule has 1 N–H and O–H groups in total. The van der Waals surface area contributed by atoms with Crippen LogP contribution in [0.15, 0.2) is 34.9 Å². The summed E-state index contributed by atoms with van der Waals surface area (Å²) in [5.41, 5.74) is 3.06. The lowest BCUT2D eigenvalue weighted by Gasteiger charge is -2.33. The molecule has 30 heavy (non-hydrogen) atoms. The van der Waals surface area contributed by atoms with Crippen LogP contribution in [0.2, 0.25) is 0 Å². The van der Waals surface area contributed by atoms with E-state index in [4.69, 9.17) is 9.26 Å². The highest BCUT2D eigenvalue weighted by molar-refractivity contribution is 5.68. The van der Waals surface area contributed by atoms with Crippen molar-refractivity contribution in [1.82, 2.24) is 15.0 Å². The molecule has 164 valence electrons. The maximum atomic E-state index is 10.1. The number of rotatable bonds is 8. The number of hydrogen-bond acceptors (Lipinski definition) is 7. The fourth-order valence-electron chi connectivity index (χ4n) is 4.40. The summed E-state index contributed by atoms with van der Waals surface area (Å²) in [4.78, 5) is 6.93. The van der Waals surface area contributed by atoms with Gasteiger partial charge in [-0.1, -0.05) is 35.5 Å². The van der Waals surface area contributed by atoms with Gasteiger partial charge in [0.25, 0.3) is 0 Å². The van der Waals surface area contributed by atoms with Gasteiger partial charge >= 0.3 is 0 Å². The van der Waals surface area contributed by atoms with Crippen molar-refractivity contribution in [3.63, 3.8) is 0 Å². The third-order valence-electron chi connectivity index (χ3n) is 6.00. The third kappa shape index (κ3) is 5.21. The molecule has 2 unspecified atom stereocenters. The summed E-state index contributed by atoms with van der Waals surface area (Å²) in [7, 11) is 2.15. The Kier molecular flexibility index (Phi) is 7.04. The fourth-order valence-corrected chi connectivity index (χ4v) is 4.40. The molecule has 2 saturated heterocycles.